The Morgan fingerprint density at radius 1 is 1.78 bits per heavy atom. The summed E-state index contributed by atoms with van der Waals surface area (Å²) < 4.78 is 14.1. The lowest BCUT2D eigenvalue weighted by Crippen LogP contribution is -2.18. The monoisotopic (exact) mass is 155 g/mol. The van der Waals surface area contributed by atoms with E-state index in [4.69, 9.17) is 15.5 Å². The van der Waals surface area contributed by atoms with Gasteiger partial charge in [0.05, 0.1) is 6.10 Å². The molecular weight excluding hydrogens is 145 g/mol. The van der Waals surface area contributed by atoms with Gasteiger partial charge >= 0.3 is 7.82 Å². The Labute approximate surface area is 53.1 Å². The Hall–Kier alpha value is 0.0700. The number of hydrogen-bond acceptors (Lipinski definition) is 3. The van der Waals surface area contributed by atoms with Crippen molar-refractivity contribution in [2.24, 2.45) is 5.73 Å². The second kappa shape index (κ2) is 3.29. The van der Waals surface area contributed by atoms with Gasteiger partial charge in [-0.15, -0.1) is 0 Å². The molecule has 56 valence electrons. The maximum absolute atomic E-state index is 10.0. The fraction of sp³-hybridized carbons (Fsp3) is 1.00. The summed E-state index contributed by atoms with van der Waals surface area (Å²) in [5, 5.41) is 0. The molecule has 0 aliphatic carbocycles. The molecule has 1 atom stereocenters. The first-order valence-corrected chi connectivity index (χ1v) is 3.92. The topological polar surface area (TPSA) is 92.8 Å². The Morgan fingerprint density at radius 2 is 2.22 bits per heavy atom. The zero-order chi connectivity index (χ0) is 7.49. The molecule has 9 heavy (non-hydrogen) atoms. The first-order chi connectivity index (χ1) is 3.95. The van der Waals surface area contributed by atoms with Crippen LogP contribution in [0.1, 0.15) is 6.92 Å². The number of nitrogens with two attached hydrogens (primary N) is 1. The Kier molecular flexibility index (Phi) is 3.32. The summed E-state index contributed by atoms with van der Waals surface area (Å²) in [4.78, 5) is 16.3. The summed E-state index contributed by atoms with van der Waals surface area (Å²) in [7, 11) is -4.32. The molecule has 0 heterocycles. The van der Waals surface area contributed by atoms with Crippen molar-refractivity contribution in [2.75, 3.05) is 6.54 Å². The molecule has 0 saturated heterocycles. The summed E-state index contributed by atoms with van der Waals surface area (Å²) in [6, 6.07) is 0. The van der Waals surface area contributed by atoms with Crippen molar-refractivity contribution in [3.05, 3.63) is 0 Å². The summed E-state index contributed by atoms with van der Waals surface area (Å²) in [5.74, 6) is 0. The molecule has 0 spiro atoms. The van der Waals surface area contributed by atoms with Gasteiger partial charge in [0, 0.05) is 6.54 Å². The van der Waals surface area contributed by atoms with Gasteiger partial charge in [-0.1, -0.05) is 0 Å². The lowest BCUT2D eigenvalue weighted by atomic mass is 10.4. The molecule has 0 aromatic rings. The lowest BCUT2D eigenvalue weighted by Gasteiger charge is -2.09. The molecule has 0 fully saturated rings. The molecule has 5 nitrogen and oxygen atoms in total. The van der Waals surface area contributed by atoms with Gasteiger partial charge in [-0.2, -0.15) is 0 Å². The number of phosphoric ester groups is 1. The molecule has 0 saturated carbocycles. The third-order valence-corrected chi connectivity index (χ3v) is 1.28. The van der Waals surface area contributed by atoms with Crippen LogP contribution in [0.4, 0.5) is 0 Å². The molecule has 0 amide bonds. The van der Waals surface area contributed by atoms with Crippen LogP contribution in [0.5, 0.6) is 0 Å². The lowest BCUT2D eigenvalue weighted by molar-refractivity contribution is 0.149. The molecule has 0 unspecified atom stereocenters. The van der Waals surface area contributed by atoms with Crippen molar-refractivity contribution in [3.8, 4) is 0 Å². The zero-order valence-corrected chi connectivity index (χ0v) is 5.91. The van der Waals surface area contributed by atoms with E-state index in [1.807, 2.05) is 0 Å². The summed E-state index contributed by atoms with van der Waals surface area (Å²) in [6.45, 7) is 1.59. The van der Waals surface area contributed by atoms with E-state index >= 15 is 0 Å². The van der Waals surface area contributed by atoms with Crippen molar-refractivity contribution in [2.45, 2.75) is 13.0 Å². The van der Waals surface area contributed by atoms with E-state index in [-0.39, 0.29) is 6.54 Å². The van der Waals surface area contributed by atoms with E-state index in [0.717, 1.165) is 0 Å². The third-order valence-electron chi connectivity index (χ3n) is 0.649. The Morgan fingerprint density at radius 3 is 2.33 bits per heavy atom. The quantitative estimate of drug-likeness (QED) is 0.475. The Balaban J connectivity index is 3.60. The van der Waals surface area contributed by atoms with Crippen molar-refractivity contribution in [1.29, 1.82) is 0 Å². The van der Waals surface area contributed by atoms with Crippen LogP contribution >= 0.6 is 7.82 Å². The molecule has 0 aromatic carbocycles. The van der Waals surface area contributed by atoms with Gasteiger partial charge in [0.25, 0.3) is 0 Å². The second-order valence-electron chi connectivity index (χ2n) is 1.64. The first kappa shape index (κ1) is 9.07. The van der Waals surface area contributed by atoms with Crippen LogP contribution in [0.2, 0.25) is 0 Å². The van der Waals surface area contributed by atoms with Gasteiger partial charge in [0.15, 0.2) is 0 Å². The molecule has 0 aromatic heterocycles. The largest absolute Gasteiger partial charge is 0.469 e. The van der Waals surface area contributed by atoms with Crippen LogP contribution in [0.25, 0.3) is 0 Å². The van der Waals surface area contributed by atoms with Crippen LogP contribution < -0.4 is 5.73 Å². The smallest absolute Gasteiger partial charge is 0.328 e. The van der Waals surface area contributed by atoms with Gasteiger partial charge in [0.2, 0.25) is 0 Å². The van der Waals surface area contributed by atoms with E-state index < -0.39 is 13.9 Å². The summed E-state index contributed by atoms with van der Waals surface area (Å²) in [6.07, 6.45) is -0.592. The van der Waals surface area contributed by atoms with Crippen molar-refractivity contribution < 1.29 is 18.9 Å². The van der Waals surface area contributed by atoms with Gasteiger partial charge in [0.1, 0.15) is 0 Å². The highest BCUT2D eigenvalue weighted by Gasteiger charge is 2.16. The highest BCUT2D eigenvalue weighted by atomic mass is 31.2. The predicted molar refractivity (Wildman–Crippen MR) is 31.6 cm³/mol. The normalized spacial score (nSPS) is 15.6. The minimum Gasteiger partial charge on any atom is -0.328 e. The van der Waals surface area contributed by atoms with E-state index in [1.54, 1.807) is 0 Å². The molecule has 4 N–H and O–H groups in total. The van der Waals surface area contributed by atoms with E-state index in [9.17, 15) is 4.57 Å². The average molecular weight is 155 g/mol. The predicted octanol–water partition coefficient (Wildman–Crippen LogP) is -0.557. The fourth-order valence-corrected chi connectivity index (χ4v) is 0.832. The Bertz CT molecular complexity index is 121. The average Bonchev–Trinajstić information content (AvgIpc) is 1.62. The van der Waals surface area contributed by atoms with Gasteiger partial charge < -0.3 is 15.5 Å². The van der Waals surface area contributed by atoms with Gasteiger partial charge in [-0.05, 0) is 6.92 Å². The maximum Gasteiger partial charge on any atom is 0.469 e. The van der Waals surface area contributed by atoms with Crippen LogP contribution in [0, 0.1) is 0 Å². The summed E-state index contributed by atoms with van der Waals surface area (Å²) >= 11 is 0. The van der Waals surface area contributed by atoms with Crippen LogP contribution in [-0.4, -0.2) is 22.4 Å². The minimum absolute atomic E-state index is 0.102. The molecule has 0 radical (unpaired) electrons. The fourth-order valence-electron chi connectivity index (χ4n) is 0.277. The van der Waals surface area contributed by atoms with Crippen molar-refractivity contribution >= 4 is 7.82 Å². The third kappa shape index (κ3) is 5.95. The van der Waals surface area contributed by atoms with Crippen molar-refractivity contribution in [1.82, 2.24) is 0 Å². The van der Waals surface area contributed by atoms with E-state index in [0.29, 0.717) is 0 Å². The van der Waals surface area contributed by atoms with Crippen LogP contribution in [0.3, 0.4) is 0 Å². The number of phosphoric acid groups is 1. The number of rotatable bonds is 3. The maximum atomic E-state index is 10.0. The SMILES string of the molecule is C[C@@H](CN)OP(=O)(O)O. The second-order valence-corrected chi connectivity index (χ2v) is 2.83. The molecular formula is C3H10NO4P. The van der Waals surface area contributed by atoms with Gasteiger partial charge in [-0.3, -0.25) is 4.52 Å². The summed E-state index contributed by atoms with van der Waals surface area (Å²) in [5.41, 5.74) is 5.01. The molecule has 0 bridgehead atoms. The minimum atomic E-state index is -4.32. The molecule has 0 aliphatic heterocycles. The van der Waals surface area contributed by atoms with Crippen LogP contribution in [0.15, 0.2) is 0 Å². The highest BCUT2D eigenvalue weighted by Crippen LogP contribution is 2.37. The van der Waals surface area contributed by atoms with E-state index in [1.165, 1.54) is 6.92 Å². The zero-order valence-electron chi connectivity index (χ0n) is 5.02. The standard InChI is InChI=1S/C3H10NO4P/c1-3(2-4)8-9(5,6)7/h3H,2,4H2,1H3,(H2,5,6,7)/t3-/m0/s1. The van der Waals surface area contributed by atoms with Gasteiger partial charge in [-0.25, -0.2) is 4.57 Å². The molecule has 0 rings (SSSR count). The molecule has 0 aliphatic rings. The van der Waals surface area contributed by atoms with Crippen molar-refractivity contribution in [3.63, 3.8) is 0 Å². The van der Waals surface area contributed by atoms with Crippen LogP contribution in [-0.2, 0) is 9.09 Å². The van der Waals surface area contributed by atoms with E-state index in [2.05, 4.69) is 4.52 Å². The molecule has 6 heteroatoms. The first-order valence-electron chi connectivity index (χ1n) is 2.39. The highest BCUT2D eigenvalue weighted by molar-refractivity contribution is 7.46. The number of hydrogen-bond donors (Lipinski definition) is 3.